The number of alkyl halides is 3. The Morgan fingerprint density at radius 2 is 1.44 bits per heavy atom. The predicted molar refractivity (Wildman–Crippen MR) is 132 cm³/mol. The van der Waals surface area contributed by atoms with E-state index in [1.165, 1.54) is 6.07 Å². The molecule has 6 heteroatoms. The van der Waals surface area contributed by atoms with E-state index in [0.717, 1.165) is 34.0 Å². The van der Waals surface area contributed by atoms with Crippen molar-refractivity contribution in [3.63, 3.8) is 0 Å². The Morgan fingerprint density at radius 1 is 0.722 bits per heavy atom. The molecule has 0 aliphatic heterocycles. The summed E-state index contributed by atoms with van der Waals surface area (Å²) in [4.78, 5) is 8.48. The second kappa shape index (κ2) is 12.4. The Morgan fingerprint density at radius 3 is 2.11 bits per heavy atom. The first-order valence-corrected chi connectivity index (χ1v) is 10.9. The van der Waals surface area contributed by atoms with Crippen LogP contribution in [0.2, 0.25) is 0 Å². The van der Waals surface area contributed by atoms with Gasteiger partial charge >= 0.3 is 6.18 Å². The van der Waals surface area contributed by atoms with Crippen LogP contribution in [0.4, 0.5) is 13.2 Å². The Balaban J connectivity index is 0.000000234. The average Bonchev–Trinajstić information content (AvgIpc) is 2.90. The molecule has 0 aliphatic rings. The van der Waals surface area contributed by atoms with Gasteiger partial charge in [-0.25, -0.2) is 0 Å². The number of benzene rings is 3. The summed E-state index contributed by atoms with van der Waals surface area (Å²) in [5.74, 6) is 0. The molecular formula is C30H21F3IrN2-2. The van der Waals surface area contributed by atoms with Crippen LogP contribution < -0.4 is 0 Å². The summed E-state index contributed by atoms with van der Waals surface area (Å²) >= 11 is 0. The van der Waals surface area contributed by atoms with Gasteiger partial charge in [0.25, 0.3) is 0 Å². The van der Waals surface area contributed by atoms with Crippen molar-refractivity contribution in [2.75, 3.05) is 0 Å². The SMILES string of the molecule is Cc1cnc(-c2[c-]c(C(F)(F)F)ccc2)cc1-c1ccccc1.[Ir].[c-]1ccccc1-c1ccccn1. The first-order chi connectivity index (χ1) is 16.9. The number of pyridine rings is 2. The third-order valence-corrected chi connectivity index (χ3v) is 5.21. The standard InChI is InChI=1S/C19H13F3N.C11H8N.Ir/c1-13-12-23-18(11-17(13)14-6-3-2-4-7-14)15-8-5-9-16(10-15)19(20,21)22;1-2-6-10(7-3-1)11-8-4-5-9-12-11;/h2-9,11-12H,1H3;1-6,8-9H;/q2*-1;. The van der Waals surface area contributed by atoms with E-state index >= 15 is 0 Å². The Labute approximate surface area is 222 Å². The number of rotatable bonds is 3. The van der Waals surface area contributed by atoms with E-state index in [1.807, 2.05) is 79.7 Å². The van der Waals surface area contributed by atoms with Crippen molar-refractivity contribution in [3.05, 3.63) is 133 Å². The number of hydrogen-bond donors (Lipinski definition) is 0. The molecule has 0 spiro atoms. The fourth-order valence-corrected chi connectivity index (χ4v) is 3.46. The molecular weight excluding hydrogens is 638 g/mol. The molecule has 2 heterocycles. The molecule has 5 aromatic rings. The van der Waals surface area contributed by atoms with Gasteiger partial charge in [-0.3, -0.25) is 0 Å². The van der Waals surface area contributed by atoms with Crippen molar-refractivity contribution in [3.8, 4) is 33.6 Å². The molecule has 0 N–H and O–H groups in total. The minimum absolute atomic E-state index is 0. The predicted octanol–water partition coefficient (Wildman–Crippen LogP) is 8.09. The van der Waals surface area contributed by atoms with Crippen LogP contribution in [-0.2, 0) is 26.3 Å². The molecule has 2 aromatic heterocycles. The molecule has 0 saturated carbocycles. The van der Waals surface area contributed by atoms with Crippen molar-refractivity contribution in [1.82, 2.24) is 9.97 Å². The summed E-state index contributed by atoms with van der Waals surface area (Å²) in [5.41, 5.74) is 4.93. The smallest absolute Gasteiger partial charge is 0.305 e. The zero-order valence-electron chi connectivity index (χ0n) is 19.3. The van der Waals surface area contributed by atoms with Crippen LogP contribution in [0, 0.1) is 19.1 Å². The number of nitrogens with zero attached hydrogens (tertiary/aromatic N) is 2. The number of hydrogen-bond acceptors (Lipinski definition) is 2. The van der Waals surface area contributed by atoms with Crippen molar-refractivity contribution in [2.45, 2.75) is 13.1 Å². The number of aryl methyl sites for hydroxylation is 1. The van der Waals surface area contributed by atoms with Gasteiger partial charge in [-0.05, 0) is 46.6 Å². The van der Waals surface area contributed by atoms with Crippen LogP contribution in [0.5, 0.6) is 0 Å². The first-order valence-electron chi connectivity index (χ1n) is 10.9. The van der Waals surface area contributed by atoms with Crippen LogP contribution in [0.3, 0.4) is 0 Å². The number of aromatic nitrogens is 2. The van der Waals surface area contributed by atoms with Crippen molar-refractivity contribution < 1.29 is 33.3 Å². The van der Waals surface area contributed by atoms with Gasteiger partial charge in [-0.15, -0.1) is 65.7 Å². The first kappa shape index (κ1) is 27.0. The molecule has 0 aliphatic carbocycles. The van der Waals surface area contributed by atoms with E-state index < -0.39 is 11.7 Å². The van der Waals surface area contributed by atoms with E-state index in [9.17, 15) is 13.2 Å². The maximum absolute atomic E-state index is 12.8. The van der Waals surface area contributed by atoms with Crippen LogP contribution in [0.15, 0.2) is 109 Å². The molecule has 3 aromatic carbocycles. The van der Waals surface area contributed by atoms with Gasteiger partial charge in [-0.2, -0.15) is 13.2 Å². The maximum atomic E-state index is 12.8. The third kappa shape index (κ3) is 6.97. The van der Waals surface area contributed by atoms with Gasteiger partial charge in [0.1, 0.15) is 0 Å². The minimum Gasteiger partial charge on any atom is -0.305 e. The molecule has 2 nitrogen and oxygen atoms in total. The van der Waals surface area contributed by atoms with Crippen LogP contribution in [0.25, 0.3) is 33.6 Å². The second-order valence-electron chi connectivity index (χ2n) is 7.72. The quantitative estimate of drug-likeness (QED) is 0.183. The molecule has 0 fully saturated rings. The molecule has 1 radical (unpaired) electrons. The van der Waals surface area contributed by atoms with Crippen LogP contribution in [-0.4, -0.2) is 9.97 Å². The minimum atomic E-state index is -4.41. The topological polar surface area (TPSA) is 25.8 Å². The summed E-state index contributed by atoms with van der Waals surface area (Å²) in [6, 6.07) is 34.7. The van der Waals surface area contributed by atoms with E-state index in [0.29, 0.717) is 11.3 Å². The summed E-state index contributed by atoms with van der Waals surface area (Å²) in [7, 11) is 0. The largest absolute Gasteiger partial charge is 0.399 e. The maximum Gasteiger partial charge on any atom is 0.399 e. The van der Waals surface area contributed by atoms with E-state index in [1.54, 1.807) is 24.5 Å². The van der Waals surface area contributed by atoms with E-state index in [2.05, 4.69) is 22.1 Å². The van der Waals surface area contributed by atoms with Gasteiger partial charge in [0, 0.05) is 32.5 Å². The monoisotopic (exact) mass is 659 g/mol. The zero-order chi connectivity index (χ0) is 24.7. The number of halogens is 3. The normalized spacial score (nSPS) is 10.6. The molecule has 5 rings (SSSR count). The van der Waals surface area contributed by atoms with Crippen molar-refractivity contribution >= 4 is 0 Å². The van der Waals surface area contributed by atoms with Crippen LogP contribution >= 0.6 is 0 Å². The van der Waals surface area contributed by atoms with Crippen LogP contribution in [0.1, 0.15) is 11.1 Å². The Bertz CT molecular complexity index is 1340. The van der Waals surface area contributed by atoms with Gasteiger partial charge < -0.3 is 9.97 Å². The molecule has 0 saturated heterocycles. The molecule has 36 heavy (non-hydrogen) atoms. The molecule has 0 amide bonds. The summed E-state index contributed by atoms with van der Waals surface area (Å²) in [5, 5.41) is 0. The van der Waals surface area contributed by atoms with Crippen molar-refractivity contribution in [1.29, 1.82) is 0 Å². The third-order valence-electron chi connectivity index (χ3n) is 5.21. The van der Waals surface area contributed by atoms with Gasteiger partial charge in [0.15, 0.2) is 0 Å². The van der Waals surface area contributed by atoms with E-state index in [-0.39, 0.29) is 20.1 Å². The fraction of sp³-hybridized carbons (Fsp3) is 0.0667. The second-order valence-corrected chi connectivity index (χ2v) is 7.72. The zero-order valence-corrected chi connectivity index (χ0v) is 21.6. The molecule has 0 bridgehead atoms. The Hall–Kier alpha value is -3.60. The fourth-order valence-electron chi connectivity index (χ4n) is 3.46. The van der Waals surface area contributed by atoms with Gasteiger partial charge in [-0.1, -0.05) is 48.5 Å². The Kier molecular flexibility index (Phi) is 9.29. The van der Waals surface area contributed by atoms with Crippen molar-refractivity contribution in [2.24, 2.45) is 0 Å². The molecule has 0 unspecified atom stereocenters. The summed E-state index contributed by atoms with van der Waals surface area (Å²) in [6.07, 6.45) is -0.953. The van der Waals surface area contributed by atoms with E-state index in [4.69, 9.17) is 0 Å². The van der Waals surface area contributed by atoms with Gasteiger partial charge in [0.2, 0.25) is 0 Å². The average molecular weight is 659 g/mol. The van der Waals surface area contributed by atoms with Gasteiger partial charge in [0.05, 0.1) is 0 Å². The molecule has 0 atom stereocenters. The summed E-state index contributed by atoms with van der Waals surface area (Å²) in [6.45, 7) is 1.93. The summed E-state index contributed by atoms with van der Waals surface area (Å²) < 4.78 is 38.5. The molecule has 183 valence electrons.